The molecule has 0 amide bonds. The molecule has 2 rings (SSSR count). The van der Waals surface area contributed by atoms with Crippen molar-refractivity contribution in [1.29, 1.82) is 0 Å². The van der Waals surface area contributed by atoms with E-state index in [9.17, 15) is 0 Å². The molecule has 0 aliphatic carbocycles. The fourth-order valence-corrected chi connectivity index (χ4v) is 1.93. The SMILES string of the molecule is CCCNCc1cnc(C)cc1Oc1cncc(Cl)c1. The van der Waals surface area contributed by atoms with E-state index >= 15 is 0 Å². The van der Waals surface area contributed by atoms with E-state index in [2.05, 4.69) is 22.2 Å². The van der Waals surface area contributed by atoms with E-state index in [1.54, 1.807) is 18.5 Å². The number of hydrogen-bond donors (Lipinski definition) is 1. The summed E-state index contributed by atoms with van der Waals surface area (Å²) in [5.74, 6) is 1.41. The summed E-state index contributed by atoms with van der Waals surface area (Å²) in [4.78, 5) is 8.34. The average molecular weight is 292 g/mol. The van der Waals surface area contributed by atoms with Crippen molar-refractivity contribution >= 4 is 11.6 Å². The zero-order valence-electron chi connectivity index (χ0n) is 11.7. The van der Waals surface area contributed by atoms with Crippen LogP contribution in [-0.2, 0) is 6.54 Å². The summed E-state index contributed by atoms with van der Waals surface area (Å²) in [5.41, 5.74) is 1.93. The first-order valence-electron chi connectivity index (χ1n) is 6.63. The quantitative estimate of drug-likeness (QED) is 0.824. The minimum Gasteiger partial charge on any atom is -0.455 e. The van der Waals surface area contributed by atoms with Crippen LogP contribution >= 0.6 is 11.6 Å². The van der Waals surface area contributed by atoms with Crippen molar-refractivity contribution in [1.82, 2.24) is 15.3 Å². The van der Waals surface area contributed by atoms with Crippen molar-refractivity contribution in [3.8, 4) is 11.5 Å². The fraction of sp³-hybridized carbons (Fsp3) is 0.333. The van der Waals surface area contributed by atoms with Crippen LogP contribution in [0.2, 0.25) is 5.02 Å². The van der Waals surface area contributed by atoms with Gasteiger partial charge < -0.3 is 10.1 Å². The third-order valence-corrected chi connectivity index (χ3v) is 2.94. The van der Waals surface area contributed by atoms with Gasteiger partial charge in [0, 0.05) is 42.3 Å². The van der Waals surface area contributed by atoms with Crippen LogP contribution in [0.15, 0.2) is 30.7 Å². The smallest absolute Gasteiger partial charge is 0.147 e. The first kappa shape index (κ1) is 14.8. The lowest BCUT2D eigenvalue weighted by Gasteiger charge is -2.12. The van der Waals surface area contributed by atoms with E-state index in [1.165, 1.54) is 0 Å². The molecule has 2 aromatic rings. The normalized spacial score (nSPS) is 10.6. The van der Waals surface area contributed by atoms with Crippen molar-refractivity contribution in [3.05, 3.63) is 47.0 Å². The molecule has 0 spiro atoms. The standard InChI is InChI=1S/C15H18ClN3O/c1-3-4-17-7-12-8-19-11(2)5-15(12)20-14-6-13(16)9-18-10-14/h5-6,8-10,17H,3-4,7H2,1-2H3. The molecule has 0 bridgehead atoms. The maximum atomic E-state index is 5.92. The molecule has 0 radical (unpaired) electrons. The highest BCUT2D eigenvalue weighted by Crippen LogP contribution is 2.26. The number of ether oxygens (including phenoxy) is 1. The number of aryl methyl sites for hydroxylation is 1. The molecule has 0 saturated carbocycles. The summed E-state index contributed by atoms with van der Waals surface area (Å²) in [6.45, 7) is 5.76. The minimum absolute atomic E-state index is 0.555. The van der Waals surface area contributed by atoms with Crippen LogP contribution in [0.25, 0.3) is 0 Å². The molecule has 106 valence electrons. The van der Waals surface area contributed by atoms with Gasteiger partial charge in [0.2, 0.25) is 0 Å². The van der Waals surface area contributed by atoms with Gasteiger partial charge in [-0.2, -0.15) is 0 Å². The number of halogens is 1. The molecule has 0 atom stereocenters. The minimum atomic E-state index is 0.555. The van der Waals surface area contributed by atoms with Crippen molar-refractivity contribution in [2.24, 2.45) is 0 Å². The Labute approximate surface area is 124 Å². The number of nitrogens with zero attached hydrogens (tertiary/aromatic N) is 2. The lowest BCUT2D eigenvalue weighted by molar-refractivity contribution is 0.469. The van der Waals surface area contributed by atoms with Gasteiger partial charge in [-0.05, 0) is 19.9 Å². The molecule has 4 nitrogen and oxygen atoms in total. The maximum absolute atomic E-state index is 5.92. The zero-order chi connectivity index (χ0) is 14.4. The summed E-state index contributed by atoms with van der Waals surface area (Å²) >= 11 is 5.92. The Kier molecular flexibility index (Phi) is 5.32. The van der Waals surface area contributed by atoms with Crippen molar-refractivity contribution in [3.63, 3.8) is 0 Å². The molecule has 0 aliphatic heterocycles. The molecule has 0 unspecified atom stereocenters. The average Bonchev–Trinajstić information content (AvgIpc) is 2.41. The Hall–Kier alpha value is -1.65. The van der Waals surface area contributed by atoms with Gasteiger partial charge in [0.15, 0.2) is 0 Å². The van der Waals surface area contributed by atoms with E-state index in [0.717, 1.165) is 36.5 Å². The summed E-state index contributed by atoms with van der Waals surface area (Å²) in [5, 5.41) is 3.90. The van der Waals surface area contributed by atoms with E-state index in [4.69, 9.17) is 16.3 Å². The lowest BCUT2D eigenvalue weighted by Crippen LogP contribution is -2.14. The summed E-state index contributed by atoms with van der Waals surface area (Å²) in [6.07, 6.45) is 6.15. The van der Waals surface area contributed by atoms with Crippen LogP contribution < -0.4 is 10.1 Å². The van der Waals surface area contributed by atoms with Crippen LogP contribution in [0, 0.1) is 6.92 Å². The molecule has 0 aromatic carbocycles. The van der Waals surface area contributed by atoms with Crippen molar-refractivity contribution < 1.29 is 4.74 Å². The van der Waals surface area contributed by atoms with Crippen LogP contribution in [0.1, 0.15) is 24.6 Å². The fourth-order valence-electron chi connectivity index (χ4n) is 1.77. The topological polar surface area (TPSA) is 47.0 Å². The number of rotatable bonds is 6. The molecule has 0 saturated heterocycles. The van der Waals surface area contributed by atoms with Gasteiger partial charge in [-0.1, -0.05) is 18.5 Å². The molecule has 2 heterocycles. The molecular weight excluding hydrogens is 274 g/mol. The second kappa shape index (κ2) is 7.22. The molecule has 1 N–H and O–H groups in total. The largest absolute Gasteiger partial charge is 0.455 e. The highest BCUT2D eigenvalue weighted by molar-refractivity contribution is 6.30. The molecule has 0 aliphatic rings. The predicted octanol–water partition coefficient (Wildman–Crippen LogP) is 3.73. The van der Waals surface area contributed by atoms with Gasteiger partial charge in [0.1, 0.15) is 11.5 Å². The first-order chi connectivity index (χ1) is 9.69. The number of pyridine rings is 2. The molecular formula is C15H18ClN3O. The van der Waals surface area contributed by atoms with Gasteiger partial charge in [0.25, 0.3) is 0 Å². The van der Waals surface area contributed by atoms with Gasteiger partial charge in [0.05, 0.1) is 11.2 Å². The van der Waals surface area contributed by atoms with Crippen LogP contribution in [0.5, 0.6) is 11.5 Å². The summed E-state index contributed by atoms with van der Waals surface area (Å²) < 4.78 is 5.87. The number of aromatic nitrogens is 2. The Morgan fingerprint density at radius 1 is 1.25 bits per heavy atom. The van der Waals surface area contributed by atoms with Gasteiger partial charge in [-0.3, -0.25) is 9.97 Å². The van der Waals surface area contributed by atoms with Crippen LogP contribution in [0.3, 0.4) is 0 Å². The second-order valence-corrected chi connectivity index (χ2v) is 4.99. The van der Waals surface area contributed by atoms with E-state index < -0.39 is 0 Å². The highest BCUT2D eigenvalue weighted by atomic mass is 35.5. The zero-order valence-corrected chi connectivity index (χ0v) is 12.4. The molecule has 5 heteroatoms. The summed E-state index contributed by atoms with van der Waals surface area (Å²) in [7, 11) is 0. The Morgan fingerprint density at radius 3 is 2.85 bits per heavy atom. The van der Waals surface area contributed by atoms with Crippen molar-refractivity contribution in [2.75, 3.05) is 6.54 Å². The maximum Gasteiger partial charge on any atom is 0.147 e. The molecule has 2 aromatic heterocycles. The monoisotopic (exact) mass is 291 g/mol. The lowest BCUT2D eigenvalue weighted by atomic mass is 10.2. The highest BCUT2D eigenvalue weighted by Gasteiger charge is 2.07. The third-order valence-electron chi connectivity index (χ3n) is 2.73. The molecule has 0 fully saturated rings. The Morgan fingerprint density at radius 2 is 2.10 bits per heavy atom. The number of nitrogens with one attached hydrogen (secondary N) is 1. The van der Waals surface area contributed by atoms with E-state index in [-0.39, 0.29) is 0 Å². The third kappa shape index (κ3) is 4.18. The van der Waals surface area contributed by atoms with Crippen molar-refractivity contribution in [2.45, 2.75) is 26.8 Å². The molecule has 20 heavy (non-hydrogen) atoms. The van der Waals surface area contributed by atoms with E-state index in [0.29, 0.717) is 10.8 Å². The van der Waals surface area contributed by atoms with E-state index in [1.807, 2.05) is 19.2 Å². The predicted molar refractivity (Wildman–Crippen MR) is 80.3 cm³/mol. The first-order valence-corrected chi connectivity index (χ1v) is 7.01. The van der Waals surface area contributed by atoms with Crippen LogP contribution in [-0.4, -0.2) is 16.5 Å². The van der Waals surface area contributed by atoms with Gasteiger partial charge in [-0.25, -0.2) is 0 Å². The van der Waals surface area contributed by atoms with Gasteiger partial charge in [-0.15, -0.1) is 0 Å². The second-order valence-electron chi connectivity index (χ2n) is 4.55. The number of hydrogen-bond acceptors (Lipinski definition) is 4. The van der Waals surface area contributed by atoms with Crippen LogP contribution in [0.4, 0.5) is 0 Å². The van der Waals surface area contributed by atoms with Gasteiger partial charge >= 0.3 is 0 Å². The Bertz CT molecular complexity index is 575. The summed E-state index contributed by atoms with van der Waals surface area (Å²) in [6, 6.07) is 3.66. The Balaban J connectivity index is 2.18.